The zero-order valence-corrected chi connectivity index (χ0v) is 11.5. The third-order valence-electron chi connectivity index (χ3n) is 2.89. The van der Waals surface area contributed by atoms with Crippen molar-refractivity contribution in [3.63, 3.8) is 0 Å². The van der Waals surface area contributed by atoms with Gasteiger partial charge in [-0.1, -0.05) is 30.3 Å². The number of hydrogen-bond donors (Lipinski definition) is 2. The predicted molar refractivity (Wildman–Crippen MR) is 73.8 cm³/mol. The number of nitrogens with two attached hydrogens (primary N) is 1. The first kappa shape index (κ1) is 13.8. The summed E-state index contributed by atoms with van der Waals surface area (Å²) in [6, 6.07) is 11.0. The zero-order chi connectivity index (χ0) is 13.9. The molecule has 5 nitrogen and oxygen atoms in total. The van der Waals surface area contributed by atoms with Gasteiger partial charge in [0.2, 0.25) is 10.0 Å². The van der Waals surface area contributed by atoms with E-state index < -0.39 is 10.0 Å². The molecule has 0 unspecified atom stereocenters. The number of hydrogen-bond acceptors (Lipinski definition) is 3. The average Bonchev–Trinajstić information content (AvgIpc) is 2.89. The second-order valence-corrected chi connectivity index (χ2v) is 6.36. The number of aromatic nitrogens is 1. The summed E-state index contributed by atoms with van der Waals surface area (Å²) in [5.74, 6) is 0. The fourth-order valence-corrected chi connectivity index (χ4v) is 2.97. The number of nitrogens with one attached hydrogen (secondary N) is 1. The smallest absolute Gasteiger partial charge is 0.244 e. The Morgan fingerprint density at radius 3 is 2.53 bits per heavy atom. The lowest BCUT2D eigenvalue weighted by Crippen LogP contribution is -2.26. The molecule has 0 atom stereocenters. The molecule has 19 heavy (non-hydrogen) atoms. The minimum atomic E-state index is -3.48. The molecule has 6 heteroatoms. The molecule has 1 aromatic heterocycles. The molecule has 1 heterocycles. The molecule has 2 aromatic rings. The van der Waals surface area contributed by atoms with E-state index in [0.717, 1.165) is 5.56 Å². The van der Waals surface area contributed by atoms with Crippen molar-refractivity contribution < 1.29 is 8.42 Å². The molecule has 0 radical (unpaired) electrons. The fourth-order valence-electron chi connectivity index (χ4n) is 1.79. The SMILES string of the molecule is CN(Cc1ccccc1)S(=O)(=O)c1c[nH]c(CN)c1. The van der Waals surface area contributed by atoms with Crippen LogP contribution >= 0.6 is 0 Å². The maximum atomic E-state index is 12.3. The normalized spacial score (nSPS) is 11.9. The highest BCUT2D eigenvalue weighted by molar-refractivity contribution is 7.89. The minimum absolute atomic E-state index is 0.242. The number of H-pyrrole nitrogens is 1. The van der Waals surface area contributed by atoms with Crippen LogP contribution < -0.4 is 5.73 Å². The molecule has 0 spiro atoms. The first-order chi connectivity index (χ1) is 9.04. The molecule has 0 aliphatic heterocycles. The maximum absolute atomic E-state index is 12.3. The van der Waals surface area contributed by atoms with E-state index in [2.05, 4.69) is 4.98 Å². The average molecular weight is 279 g/mol. The molecular formula is C13H17N3O2S. The van der Waals surface area contributed by atoms with Crippen molar-refractivity contribution in [2.45, 2.75) is 18.0 Å². The van der Waals surface area contributed by atoms with E-state index in [1.165, 1.54) is 10.5 Å². The molecule has 0 aliphatic rings. The Hall–Kier alpha value is -1.63. The quantitative estimate of drug-likeness (QED) is 0.865. The summed E-state index contributed by atoms with van der Waals surface area (Å²) in [4.78, 5) is 3.09. The van der Waals surface area contributed by atoms with Crippen LogP contribution in [0.3, 0.4) is 0 Å². The van der Waals surface area contributed by atoms with Crippen LogP contribution in [0.25, 0.3) is 0 Å². The third-order valence-corrected chi connectivity index (χ3v) is 4.67. The van der Waals surface area contributed by atoms with Gasteiger partial charge in [-0.2, -0.15) is 4.31 Å². The van der Waals surface area contributed by atoms with Gasteiger partial charge in [0.25, 0.3) is 0 Å². The summed E-state index contributed by atoms with van der Waals surface area (Å²) in [5, 5.41) is 0. The summed E-state index contributed by atoms with van der Waals surface area (Å²) in [6.07, 6.45) is 1.47. The molecule has 0 aliphatic carbocycles. The van der Waals surface area contributed by atoms with Crippen LogP contribution in [-0.4, -0.2) is 24.8 Å². The summed E-state index contributed by atoms with van der Waals surface area (Å²) >= 11 is 0. The summed E-state index contributed by atoms with van der Waals surface area (Å²) in [7, 11) is -1.91. The van der Waals surface area contributed by atoms with E-state index in [9.17, 15) is 8.42 Å². The first-order valence-corrected chi connectivity index (χ1v) is 7.35. The molecule has 2 rings (SSSR count). The number of aromatic amines is 1. The molecule has 102 valence electrons. The van der Waals surface area contributed by atoms with Gasteiger partial charge in [-0.25, -0.2) is 8.42 Å². The Bertz CT molecular complexity index is 635. The molecule has 1 aromatic carbocycles. The van der Waals surface area contributed by atoms with E-state index in [1.54, 1.807) is 13.1 Å². The molecule has 0 saturated carbocycles. The standard InChI is InChI=1S/C13H17N3O2S/c1-16(10-11-5-3-2-4-6-11)19(17,18)13-7-12(8-14)15-9-13/h2-7,9,15H,8,10,14H2,1H3. The van der Waals surface area contributed by atoms with Crippen LogP contribution in [0, 0.1) is 0 Å². The van der Waals surface area contributed by atoms with Crippen molar-refractivity contribution in [3.05, 3.63) is 53.9 Å². The van der Waals surface area contributed by atoms with E-state index in [4.69, 9.17) is 5.73 Å². The lowest BCUT2D eigenvalue weighted by atomic mass is 10.2. The third kappa shape index (κ3) is 3.04. The number of sulfonamides is 1. The largest absolute Gasteiger partial charge is 0.363 e. The monoisotopic (exact) mass is 279 g/mol. The number of benzene rings is 1. The van der Waals surface area contributed by atoms with E-state index in [1.807, 2.05) is 30.3 Å². The van der Waals surface area contributed by atoms with Gasteiger partial charge in [-0.15, -0.1) is 0 Å². The van der Waals surface area contributed by atoms with E-state index in [0.29, 0.717) is 12.2 Å². The summed E-state index contributed by atoms with van der Waals surface area (Å²) < 4.78 is 26.0. The van der Waals surface area contributed by atoms with Gasteiger partial charge in [-0.05, 0) is 11.6 Å². The van der Waals surface area contributed by atoms with E-state index in [-0.39, 0.29) is 11.4 Å². The Labute approximate surface area is 113 Å². The second-order valence-electron chi connectivity index (χ2n) is 4.31. The van der Waals surface area contributed by atoms with Crippen LogP contribution in [0.15, 0.2) is 47.5 Å². The topological polar surface area (TPSA) is 79.2 Å². The first-order valence-electron chi connectivity index (χ1n) is 5.91. The van der Waals surface area contributed by atoms with Gasteiger partial charge in [0.05, 0.1) is 4.90 Å². The lowest BCUT2D eigenvalue weighted by molar-refractivity contribution is 0.467. The predicted octanol–water partition coefficient (Wildman–Crippen LogP) is 1.29. The lowest BCUT2D eigenvalue weighted by Gasteiger charge is -2.16. The van der Waals surface area contributed by atoms with Crippen LogP contribution in [-0.2, 0) is 23.1 Å². The van der Waals surface area contributed by atoms with Crippen LogP contribution in [0.1, 0.15) is 11.3 Å². The molecule has 0 saturated heterocycles. The Morgan fingerprint density at radius 1 is 1.26 bits per heavy atom. The Morgan fingerprint density at radius 2 is 1.95 bits per heavy atom. The van der Waals surface area contributed by atoms with E-state index >= 15 is 0 Å². The number of rotatable bonds is 5. The molecule has 3 N–H and O–H groups in total. The van der Waals surface area contributed by atoms with Crippen molar-refractivity contribution >= 4 is 10.0 Å². The highest BCUT2D eigenvalue weighted by Gasteiger charge is 2.22. The van der Waals surface area contributed by atoms with Gasteiger partial charge in [-0.3, -0.25) is 0 Å². The number of nitrogens with zero attached hydrogens (tertiary/aromatic N) is 1. The Kier molecular flexibility index (Phi) is 4.04. The molecular weight excluding hydrogens is 262 g/mol. The van der Waals surface area contributed by atoms with Gasteiger partial charge in [0, 0.05) is 32.0 Å². The van der Waals surface area contributed by atoms with Gasteiger partial charge in [0.15, 0.2) is 0 Å². The van der Waals surface area contributed by atoms with Gasteiger partial charge in [0.1, 0.15) is 0 Å². The maximum Gasteiger partial charge on any atom is 0.244 e. The Balaban J connectivity index is 2.19. The van der Waals surface area contributed by atoms with Crippen molar-refractivity contribution in [1.29, 1.82) is 0 Å². The highest BCUT2D eigenvalue weighted by atomic mass is 32.2. The minimum Gasteiger partial charge on any atom is -0.363 e. The van der Waals surface area contributed by atoms with Crippen molar-refractivity contribution in [3.8, 4) is 0 Å². The highest BCUT2D eigenvalue weighted by Crippen LogP contribution is 2.17. The van der Waals surface area contributed by atoms with Gasteiger partial charge < -0.3 is 10.7 Å². The fraction of sp³-hybridized carbons (Fsp3) is 0.231. The van der Waals surface area contributed by atoms with Crippen LogP contribution in [0.2, 0.25) is 0 Å². The van der Waals surface area contributed by atoms with Crippen molar-refractivity contribution in [2.75, 3.05) is 7.05 Å². The van der Waals surface area contributed by atoms with Crippen LogP contribution in [0.4, 0.5) is 0 Å². The van der Waals surface area contributed by atoms with Crippen LogP contribution in [0.5, 0.6) is 0 Å². The van der Waals surface area contributed by atoms with Crippen molar-refractivity contribution in [2.24, 2.45) is 5.73 Å². The van der Waals surface area contributed by atoms with Gasteiger partial charge >= 0.3 is 0 Å². The zero-order valence-electron chi connectivity index (χ0n) is 10.7. The second kappa shape index (κ2) is 5.56. The molecule has 0 bridgehead atoms. The summed E-state index contributed by atoms with van der Waals surface area (Å²) in [6.45, 7) is 0.629. The summed E-state index contributed by atoms with van der Waals surface area (Å²) in [5.41, 5.74) is 7.11. The van der Waals surface area contributed by atoms with Crippen molar-refractivity contribution in [1.82, 2.24) is 9.29 Å². The molecule has 0 amide bonds. The molecule has 0 fully saturated rings.